The molecule has 4 rings (SSSR count). The smallest absolute Gasteiger partial charge is 0.229 e. The molecule has 0 bridgehead atoms. The third-order valence-corrected chi connectivity index (χ3v) is 7.75. The second kappa shape index (κ2) is 9.72. The highest BCUT2D eigenvalue weighted by Crippen LogP contribution is 2.31. The highest BCUT2D eigenvalue weighted by molar-refractivity contribution is 7.91. The average molecular weight is 488 g/mol. The summed E-state index contributed by atoms with van der Waals surface area (Å²) in [5, 5.41) is 0.382. The van der Waals surface area contributed by atoms with Gasteiger partial charge in [0.25, 0.3) is 0 Å². The number of pyridine rings is 1. The second-order valence-electron chi connectivity index (χ2n) is 7.29. The van der Waals surface area contributed by atoms with E-state index >= 15 is 0 Å². The van der Waals surface area contributed by atoms with E-state index in [0.717, 1.165) is 12.1 Å². The normalized spacial score (nSPS) is 11.6. The lowest BCUT2D eigenvalue weighted by molar-refractivity contribution is -0.118. The number of fused-ring (bicyclic) bond motifs is 1. The van der Waals surface area contributed by atoms with Crippen LogP contribution < -0.4 is 4.90 Å². The van der Waals surface area contributed by atoms with Crippen LogP contribution in [0.2, 0.25) is 0 Å². The van der Waals surface area contributed by atoms with Gasteiger partial charge >= 0.3 is 0 Å². The van der Waals surface area contributed by atoms with E-state index in [-0.39, 0.29) is 35.9 Å². The molecule has 33 heavy (non-hydrogen) atoms. The Bertz CT molecular complexity index is 1380. The zero-order valence-electron chi connectivity index (χ0n) is 17.3. The third-order valence-electron chi connectivity index (χ3n) is 4.89. The van der Waals surface area contributed by atoms with E-state index in [2.05, 4.69) is 9.97 Å². The van der Waals surface area contributed by atoms with Gasteiger partial charge in [0.2, 0.25) is 5.91 Å². The van der Waals surface area contributed by atoms with Crippen LogP contribution in [0.1, 0.15) is 18.5 Å². The Morgan fingerprint density at radius 3 is 2.48 bits per heavy atom. The molecule has 0 unspecified atom stereocenters. The molecule has 10 heteroatoms. The van der Waals surface area contributed by atoms with Gasteiger partial charge in [0.1, 0.15) is 11.6 Å². The number of carbonyl (C=O) groups excluding carboxylic acids is 1. The van der Waals surface area contributed by atoms with Crippen molar-refractivity contribution in [2.24, 2.45) is 0 Å². The largest absolute Gasteiger partial charge is 0.282 e. The van der Waals surface area contributed by atoms with Gasteiger partial charge in [-0.15, -0.1) is 0 Å². The van der Waals surface area contributed by atoms with Crippen molar-refractivity contribution in [3.05, 3.63) is 84.2 Å². The number of rotatable bonds is 8. The van der Waals surface area contributed by atoms with Crippen LogP contribution in [-0.2, 0) is 21.2 Å². The lowest BCUT2D eigenvalue weighted by Crippen LogP contribution is -2.30. The van der Waals surface area contributed by atoms with E-state index in [9.17, 15) is 22.0 Å². The molecule has 1 amide bonds. The topological polar surface area (TPSA) is 80.2 Å². The molecule has 170 valence electrons. The van der Waals surface area contributed by atoms with Crippen LogP contribution in [-0.4, -0.2) is 30.0 Å². The lowest BCUT2D eigenvalue weighted by Gasteiger charge is -2.19. The molecule has 6 nitrogen and oxygen atoms in total. The Kier molecular flexibility index (Phi) is 6.75. The number of hydrogen-bond donors (Lipinski definition) is 0. The van der Waals surface area contributed by atoms with E-state index in [1.54, 1.807) is 30.5 Å². The SMILES string of the molecule is O=C(CCCS(=O)(=O)c1ccc(F)cc1)N(Cc1ccccn1)c1nc2ccc(F)cc2s1. The van der Waals surface area contributed by atoms with Crippen molar-refractivity contribution in [3.63, 3.8) is 0 Å². The predicted octanol–water partition coefficient (Wildman–Crippen LogP) is 4.76. The van der Waals surface area contributed by atoms with Crippen molar-refractivity contribution >= 4 is 42.4 Å². The van der Waals surface area contributed by atoms with Crippen molar-refractivity contribution in [2.45, 2.75) is 24.3 Å². The molecule has 0 spiro atoms. The maximum absolute atomic E-state index is 13.6. The highest BCUT2D eigenvalue weighted by Gasteiger charge is 2.22. The molecule has 2 heterocycles. The van der Waals surface area contributed by atoms with E-state index in [1.165, 1.54) is 40.5 Å². The van der Waals surface area contributed by atoms with Gasteiger partial charge in [-0.1, -0.05) is 17.4 Å². The molecule has 0 atom stereocenters. The van der Waals surface area contributed by atoms with Gasteiger partial charge in [0.15, 0.2) is 15.0 Å². The molecular weight excluding hydrogens is 468 g/mol. The molecule has 0 radical (unpaired) electrons. The minimum atomic E-state index is -3.65. The summed E-state index contributed by atoms with van der Waals surface area (Å²) in [6.45, 7) is 0.146. The van der Waals surface area contributed by atoms with E-state index < -0.39 is 21.5 Å². The minimum Gasteiger partial charge on any atom is -0.282 e. The monoisotopic (exact) mass is 487 g/mol. The Balaban J connectivity index is 1.52. The van der Waals surface area contributed by atoms with Gasteiger partial charge in [0, 0.05) is 12.6 Å². The summed E-state index contributed by atoms with van der Waals surface area (Å²) in [4.78, 5) is 23.3. The van der Waals surface area contributed by atoms with Gasteiger partial charge < -0.3 is 0 Å². The first-order valence-corrected chi connectivity index (χ1v) is 12.5. The van der Waals surface area contributed by atoms with Crippen molar-refractivity contribution < 1.29 is 22.0 Å². The molecular formula is C23H19F2N3O3S2. The molecule has 0 saturated carbocycles. The Labute approximate surface area is 193 Å². The number of amides is 1. The summed E-state index contributed by atoms with van der Waals surface area (Å²) >= 11 is 1.18. The van der Waals surface area contributed by atoms with Crippen LogP contribution in [0.3, 0.4) is 0 Å². The van der Waals surface area contributed by atoms with Crippen LogP contribution >= 0.6 is 11.3 Å². The summed E-state index contributed by atoms with van der Waals surface area (Å²) in [6, 6.07) is 14.1. The van der Waals surface area contributed by atoms with Crippen LogP contribution in [0.4, 0.5) is 13.9 Å². The Morgan fingerprint density at radius 2 is 1.76 bits per heavy atom. The minimum absolute atomic E-state index is 0.00916. The third kappa shape index (κ3) is 5.58. The number of sulfone groups is 1. The van der Waals surface area contributed by atoms with Crippen LogP contribution in [0.15, 0.2) is 71.8 Å². The summed E-state index contributed by atoms with van der Waals surface area (Å²) in [5.74, 6) is -1.50. The molecule has 0 fully saturated rings. The zero-order valence-corrected chi connectivity index (χ0v) is 19.0. The number of anilines is 1. The zero-order chi connectivity index (χ0) is 23.4. The highest BCUT2D eigenvalue weighted by atomic mass is 32.2. The van der Waals surface area contributed by atoms with Crippen molar-refractivity contribution in [1.82, 2.24) is 9.97 Å². The van der Waals surface area contributed by atoms with E-state index in [4.69, 9.17) is 0 Å². The molecule has 0 aliphatic carbocycles. The molecule has 2 aromatic carbocycles. The van der Waals surface area contributed by atoms with Crippen LogP contribution in [0.5, 0.6) is 0 Å². The average Bonchev–Trinajstić information content (AvgIpc) is 3.21. The summed E-state index contributed by atoms with van der Waals surface area (Å²) in [6.07, 6.45) is 1.65. The predicted molar refractivity (Wildman–Crippen MR) is 123 cm³/mol. The maximum Gasteiger partial charge on any atom is 0.229 e. The van der Waals surface area contributed by atoms with Gasteiger partial charge in [-0.2, -0.15) is 0 Å². The van der Waals surface area contributed by atoms with Crippen LogP contribution in [0.25, 0.3) is 10.2 Å². The fourth-order valence-electron chi connectivity index (χ4n) is 3.23. The van der Waals surface area contributed by atoms with Crippen molar-refractivity contribution in [1.29, 1.82) is 0 Å². The van der Waals surface area contributed by atoms with E-state index in [0.29, 0.717) is 21.0 Å². The van der Waals surface area contributed by atoms with Crippen molar-refractivity contribution in [3.8, 4) is 0 Å². The lowest BCUT2D eigenvalue weighted by atomic mass is 10.2. The quantitative estimate of drug-likeness (QED) is 0.335. The number of nitrogens with zero attached hydrogens (tertiary/aromatic N) is 3. The maximum atomic E-state index is 13.6. The molecule has 0 N–H and O–H groups in total. The summed E-state index contributed by atoms with van der Waals surface area (Å²) < 4.78 is 52.3. The first-order chi connectivity index (χ1) is 15.8. The van der Waals surface area contributed by atoms with E-state index in [1.807, 2.05) is 0 Å². The Hall–Kier alpha value is -3.24. The molecule has 0 aliphatic heterocycles. The van der Waals surface area contributed by atoms with Gasteiger partial charge in [-0.25, -0.2) is 22.2 Å². The number of benzene rings is 2. The standard InChI is InChI=1S/C23H19F2N3O3S2/c24-16-6-9-19(10-7-16)33(30,31)13-3-5-22(29)28(15-18-4-1-2-12-26-18)23-27-20-11-8-17(25)14-21(20)32-23/h1-2,4,6-12,14H,3,5,13,15H2. The molecule has 0 aliphatic rings. The summed E-state index contributed by atoms with van der Waals surface area (Å²) in [7, 11) is -3.65. The molecule has 4 aromatic rings. The van der Waals surface area contributed by atoms with Crippen molar-refractivity contribution in [2.75, 3.05) is 10.7 Å². The van der Waals surface area contributed by atoms with Gasteiger partial charge in [0.05, 0.1) is 33.1 Å². The number of aromatic nitrogens is 2. The Morgan fingerprint density at radius 1 is 1.00 bits per heavy atom. The fraction of sp³-hybridized carbons (Fsp3) is 0.174. The number of halogens is 2. The second-order valence-corrected chi connectivity index (χ2v) is 10.4. The first-order valence-electron chi connectivity index (χ1n) is 10.1. The van der Waals surface area contributed by atoms with Gasteiger partial charge in [-0.3, -0.25) is 14.7 Å². The number of carbonyl (C=O) groups is 1. The van der Waals surface area contributed by atoms with Crippen LogP contribution in [0, 0.1) is 11.6 Å². The molecule has 0 saturated heterocycles. The first kappa shape index (κ1) is 22.9. The van der Waals surface area contributed by atoms with Gasteiger partial charge in [-0.05, 0) is 61.0 Å². The number of thiazole rings is 1. The molecule has 2 aromatic heterocycles. The fourth-order valence-corrected chi connectivity index (χ4v) is 5.54. The number of hydrogen-bond acceptors (Lipinski definition) is 6. The summed E-state index contributed by atoms with van der Waals surface area (Å²) in [5.41, 5.74) is 1.20.